The lowest BCUT2D eigenvalue weighted by atomic mass is 9.93. The Bertz CT molecular complexity index is 785. The maximum absolute atomic E-state index is 12.4. The molecule has 0 aliphatic heterocycles. The van der Waals surface area contributed by atoms with E-state index in [4.69, 9.17) is 4.74 Å². The first-order valence-corrected chi connectivity index (χ1v) is 7.79. The van der Waals surface area contributed by atoms with Gasteiger partial charge in [-0.15, -0.1) is 0 Å². The summed E-state index contributed by atoms with van der Waals surface area (Å²) in [5.74, 6) is -1.10. The Balaban J connectivity index is 2.47. The van der Waals surface area contributed by atoms with E-state index in [1.165, 1.54) is 18.4 Å². The molecule has 0 spiro atoms. The number of Topliss-reactive ketones (excluding diaryl/α,β-unsaturated/α-hetero) is 2. The molecule has 0 saturated carbocycles. The molecule has 0 fully saturated rings. The van der Waals surface area contributed by atoms with Crippen molar-refractivity contribution < 1.29 is 19.1 Å². The molecule has 0 saturated heterocycles. The number of hydrogen-bond acceptors (Lipinski definition) is 5. The number of nitrogens with zero attached hydrogens (tertiary/aromatic N) is 2. The van der Waals surface area contributed by atoms with Crippen molar-refractivity contribution in [2.24, 2.45) is 5.92 Å². The fourth-order valence-corrected chi connectivity index (χ4v) is 2.53. The van der Waals surface area contributed by atoms with Crippen LogP contribution in [0.3, 0.4) is 0 Å². The number of carbonyl (C=O) groups is 3. The molecule has 6 nitrogen and oxygen atoms in total. The van der Waals surface area contributed by atoms with Crippen LogP contribution in [0.4, 0.5) is 4.79 Å². The molecule has 0 bridgehead atoms. The van der Waals surface area contributed by atoms with E-state index in [0.29, 0.717) is 5.65 Å². The third-order valence-corrected chi connectivity index (χ3v) is 3.64. The number of pyridine rings is 1. The first kappa shape index (κ1) is 17.8. The van der Waals surface area contributed by atoms with E-state index in [9.17, 15) is 14.4 Å². The molecule has 2 aromatic rings. The van der Waals surface area contributed by atoms with Gasteiger partial charge < -0.3 is 4.74 Å². The lowest BCUT2D eigenvalue weighted by Gasteiger charge is -2.19. The Morgan fingerprint density at radius 1 is 1.21 bits per heavy atom. The van der Waals surface area contributed by atoms with Gasteiger partial charge in [0.25, 0.3) is 0 Å². The molecular formula is C18H22N2O4. The second-order valence-electron chi connectivity index (χ2n) is 6.86. The number of fused-ring (bicyclic) bond motifs is 1. The number of hydrogen-bond donors (Lipinski definition) is 0. The van der Waals surface area contributed by atoms with Crippen LogP contribution < -0.4 is 0 Å². The summed E-state index contributed by atoms with van der Waals surface area (Å²) < 4.78 is 6.72. The maximum Gasteiger partial charge on any atom is 0.420 e. The van der Waals surface area contributed by atoms with Gasteiger partial charge in [0.1, 0.15) is 22.8 Å². The summed E-state index contributed by atoms with van der Waals surface area (Å²) in [5.41, 5.74) is 0.538. The van der Waals surface area contributed by atoms with Crippen molar-refractivity contribution in [1.82, 2.24) is 9.55 Å². The quantitative estimate of drug-likeness (QED) is 0.805. The van der Waals surface area contributed by atoms with E-state index in [1.54, 1.807) is 39.2 Å². The van der Waals surface area contributed by atoms with Crippen LogP contribution in [0.2, 0.25) is 0 Å². The highest BCUT2D eigenvalue weighted by atomic mass is 16.6. The number of rotatable bonds is 4. The van der Waals surface area contributed by atoms with Crippen molar-refractivity contribution in [2.75, 3.05) is 0 Å². The van der Waals surface area contributed by atoms with Crippen LogP contribution in [-0.4, -0.2) is 32.8 Å². The summed E-state index contributed by atoms with van der Waals surface area (Å²) >= 11 is 0. The Morgan fingerprint density at radius 3 is 2.38 bits per heavy atom. The smallest absolute Gasteiger partial charge is 0.420 e. The maximum atomic E-state index is 12.4. The molecule has 24 heavy (non-hydrogen) atoms. The standard InChI is InChI=1S/C18H22N2O4/c1-11(21)15(12(2)22)9-13-10-20(17(23)24-18(3,4)5)16-14(13)7-6-8-19-16/h6-8,10,15H,9H2,1-5H3. The van der Waals surface area contributed by atoms with E-state index < -0.39 is 17.6 Å². The van der Waals surface area contributed by atoms with Crippen LogP contribution in [-0.2, 0) is 20.7 Å². The topological polar surface area (TPSA) is 78.3 Å². The van der Waals surface area contributed by atoms with Crippen LogP contribution in [0.1, 0.15) is 40.2 Å². The van der Waals surface area contributed by atoms with Crippen molar-refractivity contribution in [1.29, 1.82) is 0 Å². The van der Waals surface area contributed by atoms with Crippen LogP contribution >= 0.6 is 0 Å². The third-order valence-electron chi connectivity index (χ3n) is 3.64. The lowest BCUT2D eigenvalue weighted by Crippen LogP contribution is -2.27. The summed E-state index contributed by atoms with van der Waals surface area (Å²) in [6.45, 7) is 8.15. The van der Waals surface area contributed by atoms with Gasteiger partial charge in [0.15, 0.2) is 0 Å². The highest BCUT2D eigenvalue weighted by Gasteiger charge is 2.25. The molecule has 6 heteroatoms. The van der Waals surface area contributed by atoms with Gasteiger partial charge in [0, 0.05) is 17.8 Å². The zero-order valence-electron chi connectivity index (χ0n) is 14.6. The molecule has 0 aromatic carbocycles. The number of ether oxygens (including phenoxy) is 1. The van der Waals surface area contributed by atoms with Gasteiger partial charge in [0.05, 0.1) is 5.92 Å². The average Bonchev–Trinajstić information content (AvgIpc) is 2.81. The fraction of sp³-hybridized carbons (Fsp3) is 0.444. The molecule has 0 aliphatic carbocycles. The van der Waals surface area contributed by atoms with Crippen molar-refractivity contribution in [2.45, 2.75) is 46.6 Å². The largest absolute Gasteiger partial charge is 0.443 e. The molecule has 0 N–H and O–H groups in total. The summed E-state index contributed by atoms with van der Waals surface area (Å²) in [6.07, 6.45) is 2.88. The third kappa shape index (κ3) is 3.88. The summed E-state index contributed by atoms with van der Waals surface area (Å²) in [4.78, 5) is 40.1. The van der Waals surface area contributed by atoms with Crippen LogP contribution in [0.25, 0.3) is 11.0 Å². The highest BCUT2D eigenvalue weighted by molar-refractivity contribution is 6.01. The molecule has 0 aliphatic rings. The molecule has 2 aromatic heterocycles. The minimum Gasteiger partial charge on any atom is -0.443 e. The van der Waals surface area contributed by atoms with Gasteiger partial charge in [-0.1, -0.05) is 0 Å². The minimum atomic E-state index is -0.720. The van der Waals surface area contributed by atoms with Gasteiger partial charge in [0.2, 0.25) is 0 Å². The van der Waals surface area contributed by atoms with Gasteiger partial charge >= 0.3 is 6.09 Å². The molecule has 0 atom stereocenters. The van der Waals surface area contributed by atoms with Gasteiger partial charge in [-0.2, -0.15) is 0 Å². The lowest BCUT2D eigenvalue weighted by molar-refractivity contribution is -0.130. The van der Waals surface area contributed by atoms with Crippen molar-refractivity contribution in [3.8, 4) is 0 Å². The fourth-order valence-electron chi connectivity index (χ4n) is 2.53. The zero-order valence-corrected chi connectivity index (χ0v) is 14.6. The van der Waals surface area contributed by atoms with Crippen molar-refractivity contribution in [3.05, 3.63) is 30.1 Å². The second kappa shape index (κ2) is 6.55. The minimum absolute atomic E-state index is 0.190. The predicted molar refractivity (Wildman–Crippen MR) is 89.9 cm³/mol. The highest BCUT2D eigenvalue weighted by Crippen LogP contribution is 2.24. The van der Waals surface area contributed by atoms with Gasteiger partial charge in [-0.3, -0.25) is 9.59 Å². The Labute approximate surface area is 140 Å². The number of aromatic nitrogens is 2. The Morgan fingerprint density at radius 2 is 1.83 bits per heavy atom. The molecule has 0 amide bonds. The van der Waals surface area contributed by atoms with Crippen LogP contribution in [0.5, 0.6) is 0 Å². The summed E-state index contributed by atoms with van der Waals surface area (Å²) in [7, 11) is 0. The molecule has 2 heterocycles. The van der Waals surface area contributed by atoms with E-state index in [2.05, 4.69) is 4.98 Å². The Kier molecular flexibility index (Phi) is 4.87. The van der Waals surface area contributed by atoms with Crippen molar-refractivity contribution in [3.63, 3.8) is 0 Å². The summed E-state index contributed by atoms with van der Waals surface area (Å²) in [5, 5.41) is 0.732. The monoisotopic (exact) mass is 330 g/mol. The first-order valence-electron chi connectivity index (χ1n) is 7.79. The number of carbonyl (C=O) groups excluding carboxylic acids is 3. The zero-order chi connectivity index (χ0) is 18.1. The van der Waals surface area contributed by atoms with E-state index in [1.807, 2.05) is 6.07 Å². The molecule has 128 valence electrons. The van der Waals surface area contributed by atoms with E-state index in [-0.39, 0.29) is 18.0 Å². The predicted octanol–water partition coefficient (Wildman–Crippen LogP) is 3.16. The number of ketones is 2. The Hall–Kier alpha value is -2.50. The van der Waals surface area contributed by atoms with Gasteiger partial charge in [-0.25, -0.2) is 14.3 Å². The van der Waals surface area contributed by atoms with Crippen molar-refractivity contribution >= 4 is 28.7 Å². The molecule has 2 rings (SSSR count). The molecular weight excluding hydrogens is 308 g/mol. The van der Waals surface area contributed by atoms with E-state index in [0.717, 1.165) is 10.9 Å². The first-order chi connectivity index (χ1) is 11.1. The van der Waals surface area contributed by atoms with Crippen LogP contribution in [0, 0.1) is 5.92 Å². The van der Waals surface area contributed by atoms with Crippen LogP contribution in [0.15, 0.2) is 24.5 Å². The second-order valence-corrected chi connectivity index (χ2v) is 6.86. The summed E-state index contributed by atoms with van der Waals surface area (Å²) in [6, 6.07) is 3.57. The molecule has 0 radical (unpaired) electrons. The molecule has 0 unspecified atom stereocenters. The average molecular weight is 330 g/mol. The SMILES string of the molecule is CC(=O)C(Cc1cn(C(=O)OC(C)(C)C)c2ncccc12)C(C)=O. The van der Waals surface area contributed by atoms with E-state index >= 15 is 0 Å². The normalized spacial score (nSPS) is 11.8. The van der Waals surface area contributed by atoms with Gasteiger partial charge in [-0.05, 0) is 58.7 Å².